The van der Waals surface area contributed by atoms with Gasteiger partial charge in [-0.05, 0) is 59.2 Å². The topological polar surface area (TPSA) is 58.7 Å². The number of benzene rings is 4. The van der Waals surface area contributed by atoms with Gasteiger partial charge in [-0.2, -0.15) is 4.36 Å². The Labute approximate surface area is 231 Å². The van der Waals surface area contributed by atoms with Crippen LogP contribution in [0.15, 0.2) is 101 Å². The number of aldehydes is 1. The zero-order chi connectivity index (χ0) is 26.4. The van der Waals surface area contributed by atoms with Crippen molar-refractivity contribution in [3.63, 3.8) is 0 Å². The molecule has 0 saturated heterocycles. The molecule has 2 heterocycles. The van der Waals surface area contributed by atoms with Gasteiger partial charge in [0.2, 0.25) is 0 Å². The van der Waals surface area contributed by atoms with Gasteiger partial charge in [-0.3, -0.25) is 4.79 Å². The molecule has 0 atom stereocenters. The lowest BCUT2D eigenvalue weighted by molar-refractivity contribution is 0.112. The Kier molecular flexibility index (Phi) is 5.94. The number of thiophene rings is 1. The smallest absolute Gasteiger partial charge is 0.160 e. The minimum Gasteiger partial charge on any atom is -0.396 e. The number of nitrogen functional groups attached to an aromatic ring is 1. The summed E-state index contributed by atoms with van der Waals surface area (Å²) in [6.45, 7) is 4.54. The highest BCUT2D eigenvalue weighted by molar-refractivity contribution is 7.47. The van der Waals surface area contributed by atoms with Crippen LogP contribution in [0.4, 0.5) is 28.4 Å². The van der Waals surface area contributed by atoms with E-state index in [2.05, 4.69) is 89.8 Å². The summed E-state index contributed by atoms with van der Waals surface area (Å²) in [7, 11) is 0. The number of carbonyl (C=O) groups excluding carboxylic acids is 1. The Balaban J connectivity index is 1.53. The molecule has 6 rings (SSSR count). The van der Waals surface area contributed by atoms with Crippen molar-refractivity contribution < 1.29 is 4.79 Å². The van der Waals surface area contributed by atoms with E-state index in [1.807, 2.05) is 24.3 Å². The molecule has 4 nitrogen and oxygen atoms in total. The van der Waals surface area contributed by atoms with Crippen molar-refractivity contribution in [2.24, 2.45) is 4.36 Å². The van der Waals surface area contributed by atoms with Crippen LogP contribution in [-0.4, -0.2) is 6.29 Å². The third-order valence-electron chi connectivity index (χ3n) is 7.37. The van der Waals surface area contributed by atoms with Gasteiger partial charge in [0.25, 0.3) is 0 Å². The number of anilines is 4. The molecule has 4 aromatic carbocycles. The predicted octanol–water partition coefficient (Wildman–Crippen LogP) is 8.95. The Morgan fingerprint density at radius 1 is 0.842 bits per heavy atom. The van der Waals surface area contributed by atoms with Crippen LogP contribution >= 0.6 is 11.3 Å². The maximum atomic E-state index is 11.2. The first-order chi connectivity index (χ1) is 18.4. The van der Waals surface area contributed by atoms with E-state index in [-0.39, 0.29) is 5.41 Å². The fourth-order valence-electron chi connectivity index (χ4n) is 5.44. The fourth-order valence-corrected chi connectivity index (χ4v) is 6.50. The van der Waals surface area contributed by atoms with E-state index >= 15 is 0 Å². The van der Waals surface area contributed by atoms with Crippen LogP contribution in [0.5, 0.6) is 0 Å². The quantitative estimate of drug-likeness (QED) is 0.182. The fraction of sp³-hybridized carbons (Fsp3) is 0.0938. The van der Waals surface area contributed by atoms with Crippen LogP contribution in [-0.2, 0) is 17.8 Å². The van der Waals surface area contributed by atoms with Gasteiger partial charge < -0.3 is 10.6 Å². The molecule has 1 aromatic heterocycles. The molecule has 1 aliphatic heterocycles. The van der Waals surface area contributed by atoms with E-state index in [4.69, 9.17) is 18.2 Å². The van der Waals surface area contributed by atoms with Gasteiger partial charge in [-0.1, -0.05) is 68.4 Å². The second-order valence-electron chi connectivity index (χ2n) is 9.88. The summed E-state index contributed by atoms with van der Waals surface area (Å²) in [6.07, 6.45) is 0.850. The number of nitrogens with zero attached hydrogens (tertiary/aromatic N) is 2. The molecule has 6 heteroatoms. The summed E-state index contributed by atoms with van der Waals surface area (Å²) in [5, 5.41) is 0. The van der Waals surface area contributed by atoms with Crippen LogP contribution in [0.1, 0.15) is 34.6 Å². The van der Waals surface area contributed by atoms with Crippen LogP contribution in [0.25, 0.3) is 21.6 Å². The zero-order valence-corrected chi connectivity index (χ0v) is 22.6. The summed E-state index contributed by atoms with van der Waals surface area (Å²) in [5.41, 5.74) is 16.1. The lowest BCUT2D eigenvalue weighted by Gasteiger charge is -2.42. The first kappa shape index (κ1) is 24.2. The molecule has 0 aliphatic carbocycles. The minimum absolute atomic E-state index is 0.230. The van der Waals surface area contributed by atoms with E-state index in [1.54, 1.807) is 6.07 Å². The Bertz CT molecular complexity index is 1710. The van der Waals surface area contributed by atoms with E-state index in [0.29, 0.717) is 16.3 Å². The Morgan fingerprint density at radius 2 is 1.55 bits per heavy atom. The van der Waals surface area contributed by atoms with E-state index in [0.717, 1.165) is 39.2 Å². The van der Waals surface area contributed by atoms with Crippen molar-refractivity contribution in [1.82, 2.24) is 0 Å². The first-order valence-electron chi connectivity index (χ1n) is 12.3. The molecule has 1 aliphatic rings. The lowest BCUT2D eigenvalue weighted by atomic mass is 9.73. The number of nitrogens with two attached hydrogens (primary N) is 1. The summed E-state index contributed by atoms with van der Waals surface area (Å²) < 4.78 is 4.19. The van der Waals surface area contributed by atoms with Crippen molar-refractivity contribution in [1.29, 1.82) is 0 Å². The Morgan fingerprint density at radius 3 is 2.29 bits per heavy atom. The number of carbonyl (C=O) groups is 1. The van der Waals surface area contributed by atoms with Gasteiger partial charge in [0, 0.05) is 39.5 Å². The molecule has 186 valence electrons. The average Bonchev–Trinajstić information content (AvgIpc) is 3.43. The van der Waals surface area contributed by atoms with Crippen LogP contribution in [0.2, 0.25) is 0 Å². The highest BCUT2D eigenvalue weighted by Crippen LogP contribution is 2.53. The first-order valence-corrected chi connectivity index (χ1v) is 13.5. The lowest BCUT2D eigenvalue weighted by Crippen LogP contribution is -2.30. The Hall–Kier alpha value is -4.13. The van der Waals surface area contributed by atoms with Crippen LogP contribution in [0.3, 0.4) is 0 Å². The second-order valence-corrected chi connectivity index (χ2v) is 11.2. The zero-order valence-electron chi connectivity index (χ0n) is 21.0. The van der Waals surface area contributed by atoms with E-state index in [9.17, 15) is 4.79 Å². The number of hydrogen-bond acceptors (Lipinski definition) is 6. The molecule has 2 N–H and O–H groups in total. The second kappa shape index (κ2) is 9.31. The largest absolute Gasteiger partial charge is 0.396 e. The predicted molar refractivity (Wildman–Crippen MR) is 161 cm³/mol. The number of rotatable bonds is 5. The summed E-state index contributed by atoms with van der Waals surface area (Å²) in [4.78, 5) is 15.1. The van der Waals surface area contributed by atoms with Crippen molar-refractivity contribution in [2.75, 3.05) is 10.6 Å². The highest BCUT2D eigenvalue weighted by atomic mass is 32.1. The number of hydrogen-bond donors (Lipinski definition) is 1. The monoisotopic (exact) mass is 531 g/mol. The summed E-state index contributed by atoms with van der Waals surface area (Å²) in [5.74, 6) is 0. The minimum atomic E-state index is -0.230. The van der Waals surface area contributed by atoms with Crippen molar-refractivity contribution in [2.45, 2.75) is 19.3 Å². The van der Waals surface area contributed by atoms with Crippen molar-refractivity contribution >= 4 is 58.5 Å². The van der Waals surface area contributed by atoms with Gasteiger partial charge >= 0.3 is 0 Å². The third-order valence-corrected chi connectivity index (χ3v) is 8.60. The average molecular weight is 532 g/mol. The van der Waals surface area contributed by atoms with E-state index in [1.165, 1.54) is 28.2 Å². The number of para-hydroxylation sites is 2. The molecular weight excluding hydrogens is 507 g/mol. The standard InChI is InChI=1S/C32H25N3OS2/c1-32(2)25-10-6-7-11-27(25)35(21-8-4-3-5-9-21)28-16-12-20(18-26(28)32)23-14-15-24(30(33)31(23)34-37)29-17-13-22(19-36)38-29/h3-19H,33H2,1-2H3. The molecule has 38 heavy (non-hydrogen) atoms. The summed E-state index contributed by atoms with van der Waals surface area (Å²) in [6, 6.07) is 33.3. The summed E-state index contributed by atoms with van der Waals surface area (Å²) >= 11 is 6.62. The maximum Gasteiger partial charge on any atom is 0.160 e. The van der Waals surface area contributed by atoms with Crippen LogP contribution in [0, 0.1) is 0 Å². The van der Waals surface area contributed by atoms with Crippen molar-refractivity contribution in [3.05, 3.63) is 113 Å². The van der Waals surface area contributed by atoms with Crippen LogP contribution < -0.4 is 10.6 Å². The van der Waals surface area contributed by atoms with Gasteiger partial charge in [-0.15, -0.1) is 11.3 Å². The molecule has 0 bridgehead atoms. The van der Waals surface area contributed by atoms with E-state index < -0.39 is 0 Å². The third kappa shape index (κ3) is 3.76. The van der Waals surface area contributed by atoms with Gasteiger partial charge in [0.05, 0.1) is 21.9 Å². The number of fused-ring (bicyclic) bond motifs is 2. The molecule has 0 fully saturated rings. The van der Waals surface area contributed by atoms with Gasteiger partial charge in [-0.25, -0.2) is 0 Å². The maximum absolute atomic E-state index is 11.2. The highest BCUT2D eigenvalue weighted by Gasteiger charge is 2.37. The molecule has 0 unspecified atom stereocenters. The normalized spacial score (nSPS) is 13.5. The molecule has 0 spiro atoms. The van der Waals surface area contributed by atoms with Crippen molar-refractivity contribution in [3.8, 4) is 21.6 Å². The van der Waals surface area contributed by atoms with Gasteiger partial charge in [0.1, 0.15) is 5.69 Å². The van der Waals surface area contributed by atoms with Gasteiger partial charge in [0.15, 0.2) is 6.29 Å². The molecular formula is C32H25N3OS2. The molecule has 0 amide bonds. The molecule has 0 radical (unpaired) electrons. The molecule has 5 aromatic rings. The molecule has 0 saturated carbocycles. The SMILES string of the molecule is CC1(C)c2ccccc2N(c2ccccc2)c2ccc(-c3ccc(-c4ccc(C=O)s4)c(N)c3N=S)cc21.